The van der Waals surface area contributed by atoms with Gasteiger partial charge < -0.3 is 25.4 Å². The molecule has 0 aliphatic heterocycles. The van der Waals surface area contributed by atoms with Crippen molar-refractivity contribution in [1.82, 2.24) is 16.0 Å². The summed E-state index contributed by atoms with van der Waals surface area (Å²) in [6.45, 7) is 14.5. The number of aliphatic imine (C=N–C) groups is 1. The number of carbonyl (C=O) groups is 1. The molecule has 0 aromatic heterocycles. The molecule has 7 nitrogen and oxygen atoms in total. The Morgan fingerprint density at radius 3 is 2.21 bits per heavy atom. The number of nitrogens with one attached hydrogen (secondary N) is 3. The molecule has 3 N–H and O–H groups in total. The lowest BCUT2D eigenvalue weighted by Gasteiger charge is -2.19. The van der Waals surface area contributed by atoms with Gasteiger partial charge in [0.05, 0.1) is 19.3 Å². The summed E-state index contributed by atoms with van der Waals surface area (Å²) in [4.78, 5) is 16.2. The van der Waals surface area contributed by atoms with Crippen LogP contribution in [0.25, 0.3) is 0 Å². The number of rotatable bonds is 9. The first kappa shape index (κ1) is 23.8. The molecule has 1 aromatic rings. The standard InChI is InChI=1S/C21H36N4O3/c1-7-22-19(23-12-13-24-20(26)28-21(4,5)6)25-14-17-8-10-18(11-9-17)15-27-16(2)3/h8-11,16H,7,12-15H2,1-6H3,(H,24,26)(H2,22,23,25). The molecule has 0 aliphatic carbocycles. The van der Waals surface area contributed by atoms with E-state index < -0.39 is 11.7 Å². The van der Waals surface area contributed by atoms with Gasteiger partial charge in [0, 0.05) is 19.6 Å². The molecule has 0 saturated carbocycles. The van der Waals surface area contributed by atoms with Gasteiger partial charge in [0.15, 0.2) is 5.96 Å². The monoisotopic (exact) mass is 392 g/mol. The number of guanidine groups is 1. The fourth-order valence-corrected chi connectivity index (χ4v) is 2.18. The third-order valence-corrected chi connectivity index (χ3v) is 3.46. The normalized spacial score (nSPS) is 12.0. The zero-order valence-corrected chi connectivity index (χ0v) is 18.1. The van der Waals surface area contributed by atoms with Crippen molar-refractivity contribution in [1.29, 1.82) is 0 Å². The quantitative estimate of drug-likeness (QED) is 0.341. The molecule has 158 valence electrons. The van der Waals surface area contributed by atoms with Gasteiger partial charge in [-0.05, 0) is 52.7 Å². The average Bonchev–Trinajstić information content (AvgIpc) is 2.60. The molecule has 0 saturated heterocycles. The average molecular weight is 393 g/mol. The van der Waals surface area contributed by atoms with Gasteiger partial charge in [-0.2, -0.15) is 0 Å². The number of hydrogen-bond acceptors (Lipinski definition) is 4. The number of amides is 1. The molecule has 1 rings (SSSR count). The predicted octanol–water partition coefficient (Wildman–Crippen LogP) is 3.19. The second-order valence-corrected chi connectivity index (χ2v) is 7.73. The number of benzene rings is 1. The number of hydrogen-bond donors (Lipinski definition) is 3. The minimum absolute atomic E-state index is 0.225. The second-order valence-electron chi connectivity index (χ2n) is 7.73. The lowest BCUT2D eigenvalue weighted by Crippen LogP contribution is -2.42. The molecule has 0 radical (unpaired) electrons. The van der Waals surface area contributed by atoms with Crippen LogP contribution in [0.1, 0.15) is 52.7 Å². The first-order valence-corrected chi connectivity index (χ1v) is 9.88. The van der Waals surface area contributed by atoms with Crippen LogP contribution < -0.4 is 16.0 Å². The van der Waals surface area contributed by atoms with Crippen LogP contribution in [0.4, 0.5) is 4.79 Å². The molecule has 7 heteroatoms. The van der Waals surface area contributed by atoms with Crippen molar-refractivity contribution in [3.63, 3.8) is 0 Å². The predicted molar refractivity (Wildman–Crippen MR) is 113 cm³/mol. The molecule has 0 aliphatic rings. The molecule has 0 fully saturated rings. The second kappa shape index (κ2) is 12.2. The van der Waals surface area contributed by atoms with E-state index >= 15 is 0 Å². The van der Waals surface area contributed by atoms with Gasteiger partial charge in [0.2, 0.25) is 0 Å². The Labute approximate surface area is 169 Å². The fraction of sp³-hybridized carbons (Fsp3) is 0.619. The fourth-order valence-electron chi connectivity index (χ4n) is 2.18. The maximum absolute atomic E-state index is 11.6. The van der Waals surface area contributed by atoms with Gasteiger partial charge in [0.1, 0.15) is 5.60 Å². The van der Waals surface area contributed by atoms with Crippen LogP contribution in [0.2, 0.25) is 0 Å². The Hall–Kier alpha value is -2.28. The Morgan fingerprint density at radius 2 is 1.64 bits per heavy atom. The number of ether oxygens (including phenoxy) is 2. The van der Waals surface area contributed by atoms with Crippen molar-refractivity contribution in [2.24, 2.45) is 4.99 Å². The van der Waals surface area contributed by atoms with Crippen LogP contribution in [0.5, 0.6) is 0 Å². The SMILES string of the molecule is CCNC(=NCc1ccc(COC(C)C)cc1)NCCNC(=O)OC(C)(C)C. The van der Waals surface area contributed by atoms with Crippen molar-refractivity contribution in [3.8, 4) is 0 Å². The van der Waals surface area contributed by atoms with Crippen molar-refractivity contribution < 1.29 is 14.3 Å². The van der Waals surface area contributed by atoms with E-state index in [-0.39, 0.29) is 6.10 Å². The zero-order valence-electron chi connectivity index (χ0n) is 18.1. The Kier molecular flexibility index (Phi) is 10.4. The van der Waals surface area contributed by atoms with Gasteiger partial charge in [-0.25, -0.2) is 9.79 Å². The highest BCUT2D eigenvalue weighted by Gasteiger charge is 2.15. The van der Waals surface area contributed by atoms with Crippen LogP contribution in [0.3, 0.4) is 0 Å². The molecule has 0 bridgehead atoms. The minimum atomic E-state index is -0.496. The first-order chi connectivity index (χ1) is 13.2. The first-order valence-electron chi connectivity index (χ1n) is 9.88. The third-order valence-electron chi connectivity index (χ3n) is 3.46. The van der Waals surface area contributed by atoms with Gasteiger partial charge >= 0.3 is 6.09 Å². The van der Waals surface area contributed by atoms with E-state index in [0.717, 1.165) is 17.7 Å². The summed E-state index contributed by atoms with van der Waals surface area (Å²) < 4.78 is 10.8. The van der Waals surface area contributed by atoms with Crippen LogP contribution in [-0.2, 0) is 22.6 Å². The maximum Gasteiger partial charge on any atom is 0.407 e. The van der Waals surface area contributed by atoms with Crippen LogP contribution in [0.15, 0.2) is 29.3 Å². The molecule has 0 spiro atoms. The molecular formula is C21H36N4O3. The number of carbonyl (C=O) groups excluding carboxylic acids is 1. The Morgan fingerprint density at radius 1 is 1.04 bits per heavy atom. The molecule has 0 heterocycles. The summed E-state index contributed by atoms with van der Waals surface area (Å²) in [5.41, 5.74) is 1.78. The van der Waals surface area contributed by atoms with E-state index in [2.05, 4.69) is 45.2 Å². The summed E-state index contributed by atoms with van der Waals surface area (Å²) in [6.07, 6.45) is -0.194. The van der Waals surface area contributed by atoms with Crippen molar-refractivity contribution in [2.75, 3.05) is 19.6 Å². The van der Waals surface area contributed by atoms with Gasteiger partial charge in [-0.3, -0.25) is 0 Å². The van der Waals surface area contributed by atoms with E-state index in [1.165, 1.54) is 0 Å². The molecule has 0 unspecified atom stereocenters. The molecular weight excluding hydrogens is 356 g/mol. The largest absolute Gasteiger partial charge is 0.444 e. The molecule has 28 heavy (non-hydrogen) atoms. The van der Waals surface area contributed by atoms with Crippen LogP contribution in [0, 0.1) is 0 Å². The summed E-state index contributed by atoms with van der Waals surface area (Å²) in [5.74, 6) is 0.709. The Bertz CT molecular complexity index is 607. The van der Waals surface area contributed by atoms with Gasteiger partial charge in [0.25, 0.3) is 0 Å². The summed E-state index contributed by atoms with van der Waals surface area (Å²) in [6, 6.07) is 8.27. The summed E-state index contributed by atoms with van der Waals surface area (Å²) in [5, 5.41) is 9.12. The Balaban J connectivity index is 2.43. The summed E-state index contributed by atoms with van der Waals surface area (Å²) >= 11 is 0. The van der Waals surface area contributed by atoms with Crippen molar-refractivity contribution >= 4 is 12.1 Å². The lowest BCUT2D eigenvalue weighted by molar-refractivity contribution is 0.0528. The lowest BCUT2D eigenvalue weighted by atomic mass is 10.1. The highest BCUT2D eigenvalue weighted by Crippen LogP contribution is 2.08. The number of nitrogens with zero attached hydrogens (tertiary/aromatic N) is 1. The van der Waals surface area contributed by atoms with Crippen LogP contribution in [-0.4, -0.2) is 43.4 Å². The molecule has 1 amide bonds. The highest BCUT2D eigenvalue weighted by atomic mass is 16.6. The highest BCUT2D eigenvalue weighted by molar-refractivity contribution is 5.79. The third kappa shape index (κ3) is 11.4. The topological polar surface area (TPSA) is 84.0 Å². The smallest absolute Gasteiger partial charge is 0.407 e. The zero-order chi connectivity index (χ0) is 21.0. The van der Waals surface area contributed by atoms with Gasteiger partial charge in [-0.15, -0.1) is 0 Å². The van der Waals surface area contributed by atoms with Crippen LogP contribution >= 0.6 is 0 Å². The van der Waals surface area contributed by atoms with E-state index in [1.807, 2.05) is 41.5 Å². The van der Waals surface area contributed by atoms with E-state index in [1.54, 1.807) is 0 Å². The molecule has 0 atom stereocenters. The minimum Gasteiger partial charge on any atom is -0.444 e. The summed E-state index contributed by atoms with van der Waals surface area (Å²) in [7, 11) is 0. The van der Waals surface area contributed by atoms with E-state index in [0.29, 0.717) is 32.2 Å². The van der Waals surface area contributed by atoms with E-state index in [9.17, 15) is 4.79 Å². The van der Waals surface area contributed by atoms with Crippen molar-refractivity contribution in [2.45, 2.75) is 66.4 Å². The number of alkyl carbamates (subject to hydrolysis) is 1. The van der Waals surface area contributed by atoms with Gasteiger partial charge in [-0.1, -0.05) is 24.3 Å². The maximum atomic E-state index is 11.6. The van der Waals surface area contributed by atoms with E-state index in [4.69, 9.17) is 9.47 Å². The molecule has 1 aromatic carbocycles. The van der Waals surface area contributed by atoms with Crippen molar-refractivity contribution in [3.05, 3.63) is 35.4 Å².